The second-order valence-electron chi connectivity index (χ2n) is 8.24. The van der Waals surface area contributed by atoms with Gasteiger partial charge in [-0.15, -0.1) is 0 Å². The van der Waals surface area contributed by atoms with Crippen LogP contribution >= 0.6 is 0 Å². The van der Waals surface area contributed by atoms with Gasteiger partial charge in [0.15, 0.2) is 6.61 Å². The zero-order chi connectivity index (χ0) is 28.8. The number of anilines is 4. The number of amides is 1. The van der Waals surface area contributed by atoms with E-state index in [0.29, 0.717) is 16.8 Å². The molecule has 208 valence electrons. The lowest BCUT2D eigenvalue weighted by Crippen LogP contribution is -2.21. The molecule has 0 aliphatic heterocycles. The van der Waals surface area contributed by atoms with Crippen molar-refractivity contribution >= 4 is 29.2 Å². The van der Waals surface area contributed by atoms with E-state index in [1.165, 1.54) is 6.07 Å². The van der Waals surface area contributed by atoms with Crippen molar-refractivity contribution in [1.29, 1.82) is 0 Å². The normalized spacial score (nSPS) is 11.6. The van der Waals surface area contributed by atoms with Crippen molar-refractivity contribution in [3.63, 3.8) is 0 Å². The number of hydrogen-bond acceptors (Lipinski definition) is 7. The molecule has 0 fully saturated rings. The number of alkyl halides is 6. The van der Waals surface area contributed by atoms with Gasteiger partial charge in [-0.05, 0) is 48.0 Å². The standard InChI is InChI=1S/C26H20F6N6O2/c27-25(28,29)15-40-24-37-22(36-23(38-24)35-20-8-4-7-18(13-20)26(30,31)32)33-14-16-9-11-19(12-10-16)34-21(39)17-5-2-1-3-6-17/h1-13H,14-15H2,(H,34,39)(H2,33,35,36,37,38). The van der Waals surface area contributed by atoms with Gasteiger partial charge >= 0.3 is 18.4 Å². The number of carbonyl (C=O) groups excluding carboxylic acids is 1. The predicted octanol–water partition coefficient (Wildman–Crippen LogP) is 6.44. The van der Waals surface area contributed by atoms with Crippen LogP contribution in [0, 0.1) is 0 Å². The smallest absolute Gasteiger partial charge is 0.422 e. The number of benzene rings is 3. The monoisotopic (exact) mass is 562 g/mol. The third-order valence-electron chi connectivity index (χ3n) is 5.12. The number of nitrogens with zero attached hydrogens (tertiary/aromatic N) is 3. The molecule has 0 radical (unpaired) electrons. The third-order valence-corrected chi connectivity index (χ3v) is 5.12. The Morgan fingerprint density at radius 2 is 1.48 bits per heavy atom. The summed E-state index contributed by atoms with van der Waals surface area (Å²) in [6.07, 6.45) is -9.28. The highest BCUT2D eigenvalue weighted by atomic mass is 19.4. The second kappa shape index (κ2) is 11.9. The summed E-state index contributed by atoms with van der Waals surface area (Å²) in [4.78, 5) is 23.9. The van der Waals surface area contributed by atoms with Crippen LogP contribution in [0.5, 0.6) is 6.01 Å². The Kier molecular flexibility index (Phi) is 8.36. The van der Waals surface area contributed by atoms with Crippen molar-refractivity contribution in [1.82, 2.24) is 15.0 Å². The molecule has 14 heteroatoms. The minimum absolute atomic E-state index is 0.0538. The van der Waals surface area contributed by atoms with Gasteiger partial charge in [0.25, 0.3) is 5.91 Å². The minimum atomic E-state index is -4.67. The number of ether oxygens (including phenoxy) is 1. The predicted molar refractivity (Wildman–Crippen MR) is 134 cm³/mol. The Hall–Kier alpha value is -4.88. The highest BCUT2D eigenvalue weighted by Gasteiger charge is 2.31. The molecule has 40 heavy (non-hydrogen) atoms. The second-order valence-corrected chi connectivity index (χ2v) is 8.24. The van der Waals surface area contributed by atoms with Crippen LogP contribution < -0.4 is 20.7 Å². The molecule has 3 aromatic carbocycles. The van der Waals surface area contributed by atoms with E-state index in [9.17, 15) is 31.1 Å². The fourth-order valence-corrected chi connectivity index (χ4v) is 3.28. The first-order chi connectivity index (χ1) is 18.9. The maximum Gasteiger partial charge on any atom is 0.422 e. The zero-order valence-electron chi connectivity index (χ0n) is 20.3. The van der Waals surface area contributed by atoms with Gasteiger partial charge in [0, 0.05) is 23.5 Å². The first kappa shape index (κ1) is 28.1. The van der Waals surface area contributed by atoms with Gasteiger partial charge in [0.2, 0.25) is 11.9 Å². The minimum Gasteiger partial charge on any atom is -0.454 e. The van der Waals surface area contributed by atoms with Crippen molar-refractivity contribution in [2.75, 3.05) is 22.6 Å². The number of aromatic nitrogens is 3. The number of hydrogen-bond donors (Lipinski definition) is 3. The quantitative estimate of drug-likeness (QED) is 0.202. The summed E-state index contributed by atoms with van der Waals surface area (Å²) < 4.78 is 81.8. The first-order valence-electron chi connectivity index (χ1n) is 11.5. The van der Waals surface area contributed by atoms with Crippen molar-refractivity contribution in [2.45, 2.75) is 18.9 Å². The van der Waals surface area contributed by atoms with E-state index < -0.39 is 30.5 Å². The third kappa shape index (κ3) is 8.31. The fraction of sp³-hybridized carbons (Fsp3) is 0.154. The lowest BCUT2D eigenvalue weighted by Gasteiger charge is -2.13. The van der Waals surface area contributed by atoms with Gasteiger partial charge in [0.1, 0.15) is 0 Å². The molecule has 0 bridgehead atoms. The molecule has 0 aliphatic carbocycles. The van der Waals surface area contributed by atoms with Gasteiger partial charge < -0.3 is 20.7 Å². The Balaban J connectivity index is 1.47. The van der Waals surface area contributed by atoms with Crippen LogP contribution in [0.1, 0.15) is 21.5 Å². The molecule has 4 rings (SSSR count). The Labute approximate surface area is 223 Å². The molecule has 0 saturated heterocycles. The average molecular weight is 562 g/mol. The Bertz CT molecular complexity index is 1450. The summed E-state index contributed by atoms with van der Waals surface area (Å²) in [7, 11) is 0. The molecule has 0 unspecified atom stereocenters. The van der Waals surface area contributed by atoms with Crippen LogP contribution in [0.2, 0.25) is 0 Å². The molecule has 8 nitrogen and oxygen atoms in total. The van der Waals surface area contributed by atoms with Gasteiger partial charge in [-0.2, -0.15) is 41.3 Å². The van der Waals surface area contributed by atoms with E-state index in [4.69, 9.17) is 0 Å². The summed E-state index contributed by atoms with van der Waals surface area (Å²) >= 11 is 0. The number of nitrogens with one attached hydrogen (secondary N) is 3. The van der Waals surface area contributed by atoms with Crippen LogP contribution in [0.3, 0.4) is 0 Å². The largest absolute Gasteiger partial charge is 0.454 e. The molecule has 4 aromatic rings. The summed E-state index contributed by atoms with van der Waals surface area (Å²) in [6.45, 7) is -1.58. The molecular formula is C26H20F6N6O2. The van der Waals surface area contributed by atoms with Crippen LogP contribution in [0.4, 0.5) is 49.6 Å². The summed E-state index contributed by atoms with van der Waals surface area (Å²) in [5.74, 6) is -0.820. The first-order valence-corrected chi connectivity index (χ1v) is 11.5. The number of halogens is 6. The molecule has 1 heterocycles. The lowest BCUT2D eigenvalue weighted by molar-refractivity contribution is -0.154. The Morgan fingerprint density at radius 1 is 0.775 bits per heavy atom. The Morgan fingerprint density at radius 3 is 2.15 bits per heavy atom. The van der Waals surface area contributed by atoms with E-state index >= 15 is 0 Å². The van der Waals surface area contributed by atoms with Gasteiger partial charge in [-0.25, -0.2) is 0 Å². The van der Waals surface area contributed by atoms with E-state index in [2.05, 4.69) is 35.6 Å². The van der Waals surface area contributed by atoms with Crippen LogP contribution in [0.25, 0.3) is 0 Å². The summed E-state index contributed by atoms with van der Waals surface area (Å²) in [5, 5.41) is 8.10. The van der Waals surface area contributed by atoms with E-state index in [1.807, 2.05) is 0 Å². The van der Waals surface area contributed by atoms with E-state index in [1.54, 1.807) is 54.6 Å². The van der Waals surface area contributed by atoms with Crippen LogP contribution in [-0.2, 0) is 12.7 Å². The van der Waals surface area contributed by atoms with Crippen molar-refractivity contribution in [2.24, 2.45) is 0 Å². The number of carbonyl (C=O) groups is 1. The topological polar surface area (TPSA) is 101 Å². The van der Waals surface area contributed by atoms with Crippen molar-refractivity contribution in [3.8, 4) is 6.01 Å². The van der Waals surface area contributed by atoms with Gasteiger partial charge in [0.05, 0.1) is 5.56 Å². The molecule has 0 spiro atoms. The van der Waals surface area contributed by atoms with E-state index in [0.717, 1.165) is 18.2 Å². The molecule has 3 N–H and O–H groups in total. The molecule has 1 amide bonds. The number of rotatable bonds is 9. The van der Waals surface area contributed by atoms with Gasteiger partial charge in [-0.1, -0.05) is 36.4 Å². The van der Waals surface area contributed by atoms with Crippen LogP contribution in [0.15, 0.2) is 78.9 Å². The van der Waals surface area contributed by atoms with Crippen molar-refractivity contribution in [3.05, 3.63) is 95.6 Å². The average Bonchev–Trinajstić information content (AvgIpc) is 2.91. The SMILES string of the molecule is O=C(Nc1ccc(CNc2nc(Nc3cccc(C(F)(F)F)c3)nc(OCC(F)(F)F)n2)cc1)c1ccccc1. The van der Waals surface area contributed by atoms with E-state index in [-0.39, 0.29) is 30.0 Å². The molecule has 1 aromatic heterocycles. The lowest BCUT2D eigenvalue weighted by atomic mass is 10.2. The zero-order valence-corrected chi connectivity index (χ0v) is 20.3. The molecule has 0 saturated carbocycles. The highest BCUT2D eigenvalue weighted by Crippen LogP contribution is 2.31. The molecular weight excluding hydrogens is 542 g/mol. The summed E-state index contributed by atoms with van der Waals surface area (Å²) in [6, 6.07) is 18.7. The molecule has 0 aliphatic rings. The maximum absolute atomic E-state index is 13.0. The molecule has 0 atom stereocenters. The van der Waals surface area contributed by atoms with Gasteiger partial charge in [-0.3, -0.25) is 4.79 Å². The van der Waals surface area contributed by atoms with Crippen LogP contribution in [-0.4, -0.2) is 33.6 Å². The highest BCUT2D eigenvalue weighted by molar-refractivity contribution is 6.04. The maximum atomic E-state index is 13.0. The summed E-state index contributed by atoms with van der Waals surface area (Å²) in [5.41, 5.74) is 0.723. The van der Waals surface area contributed by atoms with Crippen molar-refractivity contribution < 1.29 is 35.9 Å². The fourth-order valence-electron chi connectivity index (χ4n) is 3.28.